The van der Waals surface area contributed by atoms with Gasteiger partial charge >= 0.3 is 6.09 Å². The standard InChI is InChI=1S/C16H18FN3O5S/c1-19-15(22)13-8-20(16(23)25-13)10-2-3-11(12(17)7-10)9-4-5-26(18,24)14(21)6-9/h2-3,7,9,13,18H,4-6,8H2,1H3,(H,19,22)/t9-,13-,26-/m1/s1. The van der Waals surface area contributed by atoms with E-state index in [-0.39, 0.29) is 36.4 Å². The molecule has 2 amide bonds. The Morgan fingerprint density at radius 1 is 1.42 bits per heavy atom. The van der Waals surface area contributed by atoms with Crippen LogP contribution in [0.4, 0.5) is 14.9 Å². The maximum atomic E-state index is 14.6. The van der Waals surface area contributed by atoms with Crippen LogP contribution in [0.3, 0.4) is 0 Å². The number of rotatable bonds is 3. The highest BCUT2D eigenvalue weighted by atomic mass is 32.2. The van der Waals surface area contributed by atoms with Crippen LogP contribution >= 0.6 is 0 Å². The monoisotopic (exact) mass is 383 g/mol. The van der Waals surface area contributed by atoms with E-state index in [0.29, 0.717) is 0 Å². The summed E-state index contributed by atoms with van der Waals surface area (Å²) >= 11 is 0. The van der Waals surface area contributed by atoms with Crippen LogP contribution in [0.5, 0.6) is 0 Å². The molecular formula is C16H18FN3O5S. The first-order valence-electron chi connectivity index (χ1n) is 8.01. The van der Waals surface area contributed by atoms with Crippen LogP contribution in [0.1, 0.15) is 24.3 Å². The Hall–Kier alpha value is -2.49. The van der Waals surface area contributed by atoms with Crippen LogP contribution in [0.15, 0.2) is 18.2 Å². The summed E-state index contributed by atoms with van der Waals surface area (Å²) < 4.78 is 38.7. The summed E-state index contributed by atoms with van der Waals surface area (Å²) in [7, 11) is -1.80. The van der Waals surface area contributed by atoms with Crippen LogP contribution < -0.4 is 10.2 Å². The fourth-order valence-corrected chi connectivity index (χ4v) is 4.43. The molecule has 140 valence electrons. The lowest BCUT2D eigenvalue weighted by molar-refractivity contribution is -0.127. The highest BCUT2D eigenvalue weighted by Gasteiger charge is 2.37. The molecule has 3 atom stereocenters. The lowest BCUT2D eigenvalue weighted by Gasteiger charge is -2.24. The molecule has 1 aromatic rings. The van der Waals surface area contributed by atoms with Crippen molar-refractivity contribution in [2.75, 3.05) is 24.2 Å². The van der Waals surface area contributed by atoms with Crippen LogP contribution in [0, 0.1) is 10.6 Å². The highest BCUT2D eigenvalue weighted by Crippen LogP contribution is 2.34. The van der Waals surface area contributed by atoms with Crippen LogP contribution in [-0.2, 0) is 24.1 Å². The maximum absolute atomic E-state index is 14.6. The molecule has 26 heavy (non-hydrogen) atoms. The van der Waals surface area contributed by atoms with Gasteiger partial charge in [-0.1, -0.05) is 6.07 Å². The van der Waals surface area contributed by atoms with E-state index in [2.05, 4.69) is 5.32 Å². The highest BCUT2D eigenvalue weighted by molar-refractivity contribution is 8.07. The van der Waals surface area contributed by atoms with Crippen molar-refractivity contribution in [3.8, 4) is 0 Å². The fourth-order valence-electron chi connectivity index (χ4n) is 3.11. The molecule has 0 aromatic heterocycles. The van der Waals surface area contributed by atoms with E-state index in [1.54, 1.807) is 0 Å². The molecule has 1 aromatic carbocycles. The van der Waals surface area contributed by atoms with E-state index in [1.807, 2.05) is 0 Å². The zero-order valence-corrected chi connectivity index (χ0v) is 14.8. The average Bonchev–Trinajstić information content (AvgIpc) is 2.98. The van der Waals surface area contributed by atoms with Crippen molar-refractivity contribution >= 4 is 32.5 Å². The smallest absolute Gasteiger partial charge is 0.415 e. The second kappa shape index (κ2) is 6.67. The Bertz CT molecular complexity index is 886. The number of cyclic esters (lactones) is 1. The van der Waals surface area contributed by atoms with Crippen molar-refractivity contribution in [1.82, 2.24) is 5.32 Å². The molecule has 10 heteroatoms. The van der Waals surface area contributed by atoms with Gasteiger partial charge in [0.15, 0.2) is 6.10 Å². The Balaban J connectivity index is 1.79. The number of ether oxygens (including phenoxy) is 1. The molecular weight excluding hydrogens is 365 g/mol. The molecule has 3 rings (SSSR count). The summed E-state index contributed by atoms with van der Waals surface area (Å²) in [6.45, 7) is -0.0277. The number of hydrogen-bond acceptors (Lipinski definition) is 6. The van der Waals surface area contributed by atoms with Gasteiger partial charge in [0, 0.05) is 19.2 Å². The summed E-state index contributed by atoms with van der Waals surface area (Å²) in [5, 5.41) is 1.73. The SMILES string of the molecule is CNC(=O)[C@H]1CN(c2ccc([C@@H]3CC[S@@](=N)(=O)C(=O)C3)c(F)c2)C(=O)O1. The van der Waals surface area contributed by atoms with Gasteiger partial charge in [0.25, 0.3) is 5.91 Å². The van der Waals surface area contributed by atoms with Gasteiger partial charge in [-0.15, -0.1) is 0 Å². The van der Waals surface area contributed by atoms with E-state index < -0.39 is 44.7 Å². The minimum absolute atomic E-state index is 0.0277. The Morgan fingerprint density at radius 2 is 2.15 bits per heavy atom. The average molecular weight is 383 g/mol. The van der Waals surface area contributed by atoms with Crippen molar-refractivity contribution in [3.63, 3.8) is 0 Å². The second-order valence-electron chi connectivity index (χ2n) is 6.24. The van der Waals surface area contributed by atoms with Crippen molar-refractivity contribution in [2.24, 2.45) is 0 Å². The number of nitrogens with zero attached hydrogens (tertiary/aromatic N) is 1. The largest absolute Gasteiger partial charge is 0.434 e. The molecule has 2 N–H and O–H groups in total. The van der Waals surface area contributed by atoms with Gasteiger partial charge in [-0.3, -0.25) is 14.5 Å². The van der Waals surface area contributed by atoms with Crippen LogP contribution in [0.2, 0.25) is 0 Å². The fraction of sp³-hybridized carbons (Fsp3) is 0.438. The van der Waals surface area contributed by atoms with E-state index >= 15 is 0 Å². The Morgan fingerprint density at radius 3 is 2.77 bits per heavy atom. The van der Waals surface area contributed by atoms with E-state index in [1.165, 1.54) is 19.2 Å². The van der Waals surface area contributed by atoms with E-state index in [9.17, 15) is 23.0 Å². The minimum Gasteiger partial charge on any atom is -0.434 e. The van der Waals surface area contributed by atoms with Gasteiger partial charge in [-0.05, 0) is 30.0 Å². The molecule has 8 nitrogen and oxygen atoms in total. The van der Waals surface area contributed by atoms with Gasteiger partial charge in [0.1, 0.15) is 15.5 Å². The summed E-state index contributed by atoms with van der Waals surface area (Å²) in [5.41, 5.74) is 0.529. The van der Waals surface area contributed by atoms with Crippen molar-refractivity contribution in [3.05, 3.63) is 29.6 Å². The van der Waals surface area contributed by atoms with Crippen molar-refractivity contribution < 1.29 is 27.7 Å². The van der Waals surface area contributed by atoms with Gasteiger partial charge in [0.2, 0.25) is 5.12 Å². The molecule has 0 saturated carbocycles. The quantitative estimate of drug-likeness (QED) is 0.817. The summed E-state index contributed by atoms with van der Waals surface area (Å²) in [6, 6.07) is 4.14. The van der Waals surface area contributed by atoms with Crippen molar-refractivity contribution in [1.29, 1.82) is 4.78 Å². The van der Waals surface area contributed by atoms with Gasteiger partial charge in [-0.25, -0.2) is 18.2 Å². The van der Waals surface area contributed by atoms with Gasteiger partial charge in [0.05, 0.1) is 12.2 Å². The molecule has 0 radical (unpaired) electrons. The molecule has 0 spiro atoms. The number of benzene rings is 1. The summed E-state index contributed by atoms with van der Waals surface area (Å²) in [5.74, 6) is -1.57. The zero-order valence-electron chi connectivity index (χ0n) is 14.0. The minimum atomic E-state index is -3.23. The molecule has 2 aliphatic rings. The third-order valence-electron chi connectivity index (χ3n) is 4.62. The molecule has 2 saturated heterocycles. The Labute approximate surface area is 149 Å². The topological polar surface area (TPSA) is 117 Å². The molecule has 2 heterocycles. The number of hydrogen-bond donors (Lipinski definition) is 2. The third kappa shape index (κ3) is 3.28. The number of amides is 2. The number of carbonyl (C=O) groups excluding carboxylic acids is 3. The Kier molecular flexibility index (Phi) is 4.70. The summed E-state index contributed by atoms with van der Waals surface area (Å²) in [6.07, 6.45) is -1.55. The lowest BCUT2D eigenvalue weighted by atomic mass is 9.92. The number of anilines is 1. The predicted octanol–water partition coefficient (Wildman–Crippen LogP) is 1.35. The molecule has 0 aliphatic carbocycles. The molecule has 0 unspecified atom stereocenters. The maximum Gasteiger partial charge on any atom is 0.415 e. The molecule has 0 bridgehead atoms. The predicted molar refractivity (Wildman–Crippen MR) is 90.8 cm³/mol. The second-order valence-corrected chi connectivity index (χ2v) is 8.46. The summed E-state index contributed by atoms with van der Waals surface area (Å²) in [4.78, 5) is 36.4. The number of nitrogens with one attached hydrogen (secondary N) is 2. The van der Waals surface area contributed by atoms with E-state index in [0.717, 1.165) is 11.0 Å². The van der Waals surface area contributed by atoms with Crippen LogP contribution in [-0.4, -0.2) is 46.8 Å². The number of halogens is 1. The normalized spacial score (nSPS) is 28.8. The third-order valence-corrected chi connectivity index (χ3v) is 6.33. The molecule has 2 fully saturated rings. The van der Waals surface area contributed by atoms with Crippen LogP contribution in [0.25, 0.3) is 0 Å². The van der Waals surface area contributed by atoms with Gasteiger partial charge < -0.3 is 10.1 Å². The zero-order chi connectivity index (χ0) is 19.1. The first-order chi connectivity index (χ1) is 12.2. The first kappa shape index (κ1) is 18.3. The lowest BCUT2D eigenvalue weighted by Crippen LogP contribution is -2.35. The van der Waals surface area contributed by atoms with Crippen molar-refractivity contribution in [2.45, 2.75) is 24.9 Å². The van der Waals surface area contributed by atoms with E-state index in [4.69, 9.17) is 9.52 Å². The first-order valence-corrected chi connectivity index (χ1v) is 9.74. The number of carbonyl (C=O) groups is 3. The van der Waals surface area contributed by atoms with Gasteiger partial charge in [-0.2, -0.15) is 0 Å². The number of likely N-dealkylation sites (N-methyl/N-ethyl adjacent to an activating group) is 1. The molecule has 2 aliphatic heterocycles.